The Morgan fingerprint density at radius 1 is 1.65 bits per heavy atom. The number of rotatable bonds is 5. The number of benzene rings is 1. The van der Waals surface area contributed by atoms with E-state index in [1.807, 2.05) is 6.92 Å². The van der Waals surface area contributed by atoms with Crippen molar-refractivity contribution in [2.45, 2.75) is 6.92 Å². The monoisotopic (exact) mass is 301 g/mol. The van der Waals surface area contributed by atoms with E-state index in [1.54, 1.807) is 11.0 Å². The van der Waals surface area contributed by atoms with Crippen LogP contribution in [0.3, 0.4) is 0 Å². The molecular weight excluding hydrogens is 289 g/mol. The molecule has 0 amide bonds. The fraction of sp³-hybridized carbons (Fsp3) is 0.250. The Bertz CT molecular complexity index is 448. The van der Waals surface area contributed by atoms with Crippen molar-refractivity contribution in [2.24, 2.45) is 0 Å². The summed E-state index contributed by atoms with van der Waals surface area (Å²) in [5.41, 5.74) is 0.283. The van der Waals surface area contributed by atoms with E-state index in [1.165, 1.54) is 12.1 Å². The Kier molecular flexibility index (Phi) is 4.69. The van der Waals surface area contributed by atoms with Crippen molar-refractivity contribution in [3.05, 3.63) is 40.6 Å². The zero-order valence-electron chi connectivity index (χ0n) is 9.41. The molecule has 0 heterocycles. The standard InChI is InChI=1S/C12H13BrFNO2/c1-3-7-15(4-2)9-6-5-8(12(16)17)10(13)11(9)14/h3,5-6H,1,4,7H2,2H3,(H,16,17). The van der Waals surface area contributed by atoms with Crippen LogP contribution in [0.25, 0.3) is 0 Å². The van der Waals surface area contributed by atoms with Crippen LogP contribution in [0.1, 0.15) is 17.3 Å². The summed E-state index contributed by atoms with van der Waals surface area (Å²) in [7, 11) is 0. The number of hydrogen-bond donors (Lipinski definition) is 1. The number of carbonyl (C=O) groups is 1. The lowest BCUT2D eigenvalue weighted by Gasteiger charge is -2.22. The van der Waals surface area contributed by atoms with Crippen molar-refractivity contribution in [1.82, 2.24) is 0 Å². The smallest absolute Gasteiger partial charge is 0.336 e. The maximum atomic E-state index is 14.0. The molecule has 0 saturated carbocycles. The van der Waals surface area contributed by atoms with Gasteiger partial charge in [0.1, 0.15) is 0 Å². The van der Waals surface area contributed by atoms with Gasteiger partial charge in [-0.15, -0.1) is 6.58 Å². The Morgan fingerprint density at radius 3 is 2.76 bits per heavy atom. The first kappa shape index (κ1) is 13.7. The van der Waals surface area contributed by atoms with E-state index >= 15 is 0 Å². The van der Waals surface area contributed by atoms with Gasteiger partial charge in [0, 0.05) is 13.1 Å². The van der Waals surface area contributed by atoms with Crippen LogP contribution in [0, 0.1) is 5.82 Å². The number of carboxylic acids is 1. The summed E-state index contributed by atoms with van der Waals surface area (Å²) in [4.78, 5) is 12.6. The van der Waals surface area contributed by atoms with Gasteiger partial charge in [-0.1, -0.05) is 6.08 Å². The van der Waals surface area contributed by atoms with Crippen LogP contribution in [-0.4, -0.2) is 24.2 Å². The molecule has 0 fully saturated rings. The summed E-state index contributed by atoms with van der Waals surface area (Å²) < 4.78 is 14.0. The molecule has 0 aromatic heterocycles. The second-order valence-corrected chi connectivity index (χ2v) is 4.19. The van der Waals surface area contributed by atoms with Crippen LogP contribution in [0.4, 0.5) is 10.1 Å². The predicted octanol–water partition coefficient (Wildman–Crippen LogP) is 3.30. The summed E-state index contributed by atoms with van der Waals surface area (Å²) in [5.74, 6) is -1.72. The van der Waals surface area contributed by atoms with Gasteiger partial charge in [-0.25, -0.2) is 9.18 Å². The molecule has 0 spiro atoms. The number of aromatic carboxylic acids is 1. The van der Waals surface area contributed by atoms with Gasteiger partial charge in [-0.2, -0.15) is 0 Å². The number of carboxylic acid groups (broad SMARTS) is 1. The molecule has 0 aliphatic rings. The summed E-state index contributed by atoms with van der Waals surface area (Å²) in [6.45, 7) is 6.61. The summed E-state index contributed by atoms with van der Waals surface area (Å²) >= 11 is 2.97. The third-order valence-corrected chi connectivity index (χ3v) is 3.14. The molecular formula is C12H13BrFNO2. The minimum Gasteiger partial charge on any atom is -0.478 e. The molecule has 0 aliphatic carbocycles. The molecule has 0 unspecified atom stereocenters. The molecule has 1 aromatic carbocycles. The fourth-order valence-electron chi connectivity index (χ4n) is 1.50. The van der Waals surface area contributed by atoms with Gasteiger partial charge >= 0.3 is 5.97 Å². The van der Waals surface area contributed by atoms with E-state index in [0.29, 0.717) is 18.8 Å². The highest BCUT2D eigenvalue weighted by molar-refractivity contribution is 9.10. The van der Waals surface area contributed by atoms with Gasteiger partial charge in [0.05, 0.1) is 15.7 Å². The second kappa shape index (κ2) is 5.82. The quantitative estimate of drug-likeness (QED) is 0.848. The maximum absolute atomic E-state index is 14.0. The maximum Gasteiger partial charge on any atom is 0.336 e. The third kappa shape index (κ3) is 2.85. The number of anilines is 1. The minimum absolute atomic E-state index is 0.0231. The predicted molar refractivity (Wildman–Crippen MR) is 69.1 cm³/mol. The van der Waals surface area contributed by atoms with Gasteiger partial charge in [0.15, 0.2) is 5.82 Å². The number of halogens is 2. The van der Waals surface area contributed by atoms with Crippen LogP contribution in [-0.2, 0) is 0 Å². The molecule has 1 aromatic rings. The van der Waals surface area contributed by atoms with Gasteiger partial charge in [-0.05, 0) is 35.0 Å². The number of nitrogens with zero attached hydrogens (tertiary/aromatic N) is 1. The molecule has 92 valence electrons. The van der Waals surface area contributed by atoms with E-state index in [4.69, 9.17) is 5.11 Å². The second-order valence-electron chi connectivity index (χ2n) is 3.39. The zero-order chi connectivity index (χ0) is 13.0. The van der Waals surface area contributed by atoms with Crippen molar-refractivity contribution in [1.29, 1.82) is 0 Å². The fourth-order valence-corrected chi connectivity index (χ4v) is 2.01. The third-order valence-electron chi connectivity index (χ3n) is 2.36. The van der Waals surface area contributed by atoms with E-state index in [9.17, 15) is 9.18 Å². The average Bonchev–Trinajstić information content (AvgIpc) is 2.29. The first-order valence-electron chi connectivity index (χ1n) is 5.10. The highest BCUT2D eigenvalue weighted by Crippen LogP contribution is 2.29. The van der Waals surface area contributed by atoms with Crippen molar-refractivity contribution < 1.29 is 14.3 Å². The largest absolute Gasteiger partial charge is 0.478 e. The van der Waals surface area contributed by atoms with Gasteiger partial charge < -0.3 is 10.0 Å². The lowest BCUT2D eigenvalue weighted by molar-refractivity contribution is 0.0695. The number of hydrogen-bond acceptors (Lipinski definition) is 2. The van der Waals surface area contributed by atoms with Crippen LogP contribution in [0.15, 0.2) is 29.3 Å². The molecule has 1 N–H and O–H groups in total. The lowest BCUT2D eigenvalue weighted by Crippen LogP contribution is -2.24. The Labute approximate surface area is 108 Å². The van der Waals surface area contributed by atoms with E-state index in [2.05, 4.69) is 22.5 Å². The molecule has 1 rings (SSSR count). The highest BCUT2D eigenvalue weighted by Gasteiger charge is 2.18. The SMILES string of the molecule is C=CCN(CC)c1ccc(C(=O)O)c(Br)c1F. The lowest BCUT2D eigenvalue weighted by atomic mass is 10.2. The topological polar surface area (TPSA) is 40.5 Å². The molecule has 0 saturated heterocycles. The van der Waals surface area contributed by atoms with E-state index in [-0.39, 0.29) is 10.0 Å². The van der Waals surface area contributed by atoms with Crippen molar-refractivity contribution in [3.8, 4) is 0 Å². The molecule has 0 atom stereocenters. The van der Waals surface area contributed by atoms with Crippen LogP contribution in [0.5, 0.6) is 0 Å². The molecule has 3 nitrogen and oxygen atoms in total. The number of likely N-dealkylation sites (N-methyl/N-ethyl adjacent to an activating group) is 1. The average molecular weight is 302 g/mol. The molecule has 0 bridgehead atoms. The normalized spacial score (nSPS) is 10.1. The van der Waals surface area contributed by atoms with E-state index in [0.717, 1.165) is 0 Å². The van der Waals surface area contributed by atoms with Crippen molar-refractivity contribution in [2.75, 3.05) is 18.0 Å². The Morgan fingerprint density at radius 2 is 2.29 bits per heavy atom. The summed E-state index contributed by atoms with van der Waals surface area (Å²) in [6, 6.07) is 2.85. The first-order valence-corrected chi connectivity index (χ1v) is 5.89. The molecule has 5 heteroatoms. The van der Waals surface area contributed by atoms with Crippen molar-refractivity contribution >= 4 is 27.6 Å². The van der Waals surface area contributed by atoms with Gasteiger partial charge in [0.2, 0.25) is 0 Å². The minimum atomic E-state index is -1.16. The summed E-state index contributed by atoms with van der Waals surface area (Å²) in [5, 5.41) is 8.85. The molecule has 0 aliphatic heterocycles. The highest BCUT2D eigenvalue weighted by atomic mass is 79.9. The zero-order valence-corrected chi connectivity index (χ0v) is 11.0. The van der Waals surface area contributed by atoms with Crippen LogP contribution < -0.4 is 4.90 Å². The summed E-state index contributed by atoms with van der Waals surface area (Å²) in [6.07, 6.45) is 1.67. The molecule has 17 heavy (non-hydrogen) atoms. The van der Waals surface area contributed by atoms with Crippen LogP contribution >= 0.6 is 15.9 Å². The molecule has 0 radical (unpaired) electrons. The Hall–Kier alpha value is -1.36. The Balaban J connectivity index is 3.23. The first-order chi connectivity index (χ1) is 8.02. The van der Waals surface area contributed by atoms with Crippen molar-refractivity contribution in [3.63, 3.8) is 0 Å². The van der Waals surface area contributed by atoms with Gasteiger partial charge in [0.25, 0.3) is 0 Å². The van der Waals surface area contributed by atoms with E-state index < -0.39 is 11.8 Å². The van der Waals surface area contributed by atoms with Crippen LogP contribution in [0.2, 0.25) is 0 Å². The van der Waals surface area contributed by atoms with Gasteiger partial charge in [-0.3, -0.25) is 0 Å².